The van der Waals surface area contributed by atoms with Gasteiger partial charge in [0.2, 0.25) is 5.91 Å². The summed E-state index contributed by atoms with van der Waals surface area (Å²) in [6.07, 6.45) is 0. The first kappa shape index (κ1) is 16.0. The molecule has 0 aliphatic heterocycles. The SMILES string of the molecule is C[C@@H](Sc1nnc(SCC(=O)c2ccccc2)s1)C(N)=O. The molecule has 1 aromatic heterocycles. The fraction of sp³-hybridized carbons (Fsp3) is 0.231. The number of ketones is 1. The van der Waals surface area contributed by atoms with Crippen LogP contribution in [0.3, 0.4) is 0 Å². The van der Waals surface area contributed by atoms with E-state index in [1.54, 1.807) is 19.1 Å². The van der Waals surface area contributed by atoms with Crippen molar-refractivity contribution in [3.63, 3.8) is 0 Å². The van der Waals surface area contributed by atoms with Crippen molar-refractivity contribution in [2.45, 2.75) is 20.9 Å². The molecule has 1 aromatic carbocycles. The van der Waals surface area contributed by atoms with E-state index in [0.717, 1.165) is 0 Å². The van der Waals surface area contributed by atoms with Crippen LogP contribution in [-0.2, 0) is 4.79 Å². The molecule has 8 heteroatoms. The van der Waals surface area contributed by atoms with Gasteiger partial charge in [-0.2, -0.15) is 0 Å². The van der Waals surface area contributed by atoms with Crippen molar-refractivity contribution in [1.82, 2.24) is 10.2 Å². The Kier molecular flexibility index (Phi) is 5.77. The van der Waals surface area contributed by atoms with Crippen molar-refractivity contribution in [1.29, 1.82) is 0 Å². The van der Waals surface area contributed by atoms with Gasteiger partial charge < -0.3 is 5.73 Å². The zero-order valence-electron chi connectivity index (χ0n) is 11.2. The van der Waals surface area contributed by atoms with E-state index >= 15 is 0 Å². The third-order valence-corrected chi connectivity index (χ3v) is 5.75. The standard InChI is InChI=1S/C13H13N3O2S3/c1-8(11(14)18)20-13-16-15-12(21-13)19-7-10(17)9-5-3-2-4-6-9/h2-6,8H,7H2,1H3,(H2,14,18)/t8-/m1/s1. The number of benzene rings is 1. The number of nitrogens with zero attached hydrogens (tertiary/aromatic N) is 2. The lowest BCUT2D eigenvalue weighted by molar-refractivity contribution is -0.117. The van der Waals surface area contributed by atoms with Crippen LogP contribution in [0.1, 0.15) is 17.3 Å². The third-order valence-electron chi connectivity index (χ3n) is 2.49. The molecule has 2 rings (SSSR count). The maximum absolute atomic E-state index is 12.0. The van der Waals surface area contributed by atoms with Gasteiger partial charge in [0.25, 0.3) is 0 Å². The Balaban J connectivity index is 1.88. The number of rotatable bonds is 7. The van der Waals surface area contributed by atoms with E-state index in [1.165, 1.54) is 34.9 Å². The monoisotopic (exact) mass is 339 g/mol. The highest BCUT2D eigenvalue weighted by Gasteiger charge is 2.15. The molecule has 5 nitrogen and oxygen atoms in total. The average molecular weight is 339 g/mol. The highest BCUT2D eigenvalue weighted by atomic mass is 32.2. The number of thioether (sulfide) groups is 2. The van der Waals surface area contributed by atoms with Crippen molar-refractivity contribution in [3.8, 4) is 0 Å². The molecule has 2 N–H and O–H groups in total. The molecule has 2 aromatic rings. The second-order valence-electron chi connectivity index (χ2n) is 4.07. The Morgan fingerprint density at radius 2 is 1.90 bits per heavy atom. The first-order valence-electron chi connectivity index (χ1n) is 6.07. The lowest BCUT2D eigenvalue weighted by Crippen LogP contribution is -2.22. The van der Waals surface area contributed by atoms with Crippen molar-refractivity contribution in [2.75, 3.05) is 5.75 Å². The molecule has 1 atom stereocenters. The molecular weight excluding hydrogens is 326 g/mol. The van der Waals surface area contributed by atoms with Gasteiger partial charge in [-0.1, -0.05) is 65.2 Å². The summed E-state index contributed by atoms with van der Waals surface area (Å²) in [5.41, 5.74) is 5.89. The second kappa shape index (κ2) is 7.58. The minimum atomic E-state index is -0.386. The van der Waals surface area contributed by atoms with Crippen molar-refractivity contribution in [3.05, 3.63) is 35.9 Å². The largest absolute Gasteiger partial charge is 0.369 e. The summed E-state index contributed by atoms with van der Waals surface area (Å²) in [6, 6.07) is 9.13. The van der Waals surface area contributed by atoms with Crippen molar-refractivity contribution < 1.29 is 9.59 Å². The van der Waals surface area contributed by atoms with Gasteiger partial charge in [-0.25, -0.2) is 0 Å². The normalized spacial score (nSPS) is 12.0. The number of hydrogen-bond donors (Lipinski definition) is 1. The quantitative estimate of drug-likeness (QED) is 0.616. The van der Waals surface area contributed by atoms with Crippen LogP contribution < -0.4 is 5.73 Å². The fourth-order valence-corrected chi connectivity index (χ4v) is 4.36. The molecular formula is C13H13N3O2S3. The summed E-state index contributed by atoms with van der Waals surface area (Å²) >= 11 is 3.98. The molecule has 0 aliphatic carbocycles. The molecule has 0 fully saturated rings. The first-order valence-corrected chi connectivity index (χ1v) is 8.75. The van der Waals surface area contributed by atoms with Crippen LogP contribution in [0.15, 0.2) is 39.0 Å². The second-order valence-corrected chi connectivity index (χ2v) is 7.86. The smallest absolute Gasteiger partial charge is 0.230 e. The zero-order valence-corrected chi connectivity index (χ0v) is 13.6. The van der Waals surface area contributed by atoms with Crippen LogP contribution in [0.4, 0.5) is 0 Å². The predicted octanol–water partition coefficient (Wildman–Crippen LogP) is 2.48. The Labute approximate surface area is 134 Å². The van der Waals surface area contributed by atoms with Crippen LogP contribution in [0.2, 0.25) is 0 Å². The summed E-state index contributed by atoms with van der Waals surface area (Å²) in [5.74, 6) is -0.0199. The summed E-state index contributed by atoms with van der Waals surface area (Å²) < 4.78 is 1.38. The molecule has 0 saturated heterocycles. The summed E-state index contributed by atoms with van der Waals surface area (Å²) in [7, 11) is 0. The van der Waals surface area contributed by atoms with Gasteiger partial charge in [-0.3, -0.25) is 9.59 Å². The van der Waals surface area contributed by atoms with E-state index in [0.29, 0.717) is 20.0 Å². The minimum Gasteiger partial charge on any atom is -0.369 e. The summed E-state index contributed by atoms with van der Waals surface area (Å²) in [5, 5.41) is 7.64. The van der Waals surface area contributed by atoms with Crippen LogP contribution in [0, 0.1) is 0 Å². The Hall–Kier alpha value is -1.38. The number of hydrogen-bond acceptors (Lipinski definition) is 7. The number of Topliss-reactive ketones (excluding diaryl/α,β-unsaturated/α-hetero) is 1. The maximum atomic E-state index is 12.0. The number of primary amides is 1. The molecule has 0 spiro atoms. The van der Waals surface area contributed by atoms with E-state index in [1.807, 2.05) is 18.2 Å². The Morgan fingerprint density at radius 3 is 2.57 bits per heavy atom. The van der Waals surface area contributed by atoms with Crippen molar-refractivity contribution in [2.24, 2.45) is 5.73 Å². The van der Waals surface area contributed by atoms with E-state index in [9.17, 15) is 9.59 Å². The van der Waals surface area contributed by atoms with Crippen LogP contribution >= 0.6 is 34.9 Å². The molecule has 0 saturated carbocycles. The van der Waals surface area contributed by atoms with E-state index in [2.05, 4.69) is 10.2 Å². The molecule has 0 unspecified atom stereocenters. The predicted molar refractivity (Wildman–Crippen MR) is 85.9 cm³/mol. The molecule has 21 heavy (non-hydrogen) atoms. The van der Waals surface area contributed by atoms with E-state index in [4.69, 9.17) is 5.73 Å². The van der Waals surface area contributed by atoms with Crippen LogP contribution in [0.25, 0.3) is 0 Å². The first-order chi connectivity index (χ1) is 10.1. The summed E-state index contributed by atoms with van der Waals surface area (Å²) in [4.78, 5) is 23.0. The average Bonchev–Trinajstić information content (AvgIpc) is 2.93. The summed E-state index contributed by atoms with van der Waals surface area (Å²) in [6.45, 7) is 1.72. The lowest BCUT2D eigenvalue weighted by atomic mass is 10.2. The fourth-order valence-electron chi connectivity index (χ4n) is 1.35. The maximum Gasteiger partial charge on any atom is 0.230 e. The molecule has 110 valence electrons. The molecule has 0 bridgehead atoms. The number of nitrogens with two attached hydrogens (primary N) is 1. The van der Waals surface area contributed by atoms with Gasteiger partial charge in [0.15, 0.2) is 14.5 Å². The molecule has 0 radical (unpaired) electrons. The minimum absolute atomic E-state index is 0.0514. The molecule has 1 amide bonds. The lowest BCUT2D eigenvalue weighted by Gasteiger charge is -2.01. The van der Waals surface area contributed by atoms with Gasteiger partial charge in [-0.05, 0) is 6.92 Å². The highest BCUT2D eigenvalue weighted by molar-refractivity contribution is 8.04. The highest BCUT2D eigenvalue weighted by Crippen LogP contribution is 2.31. The van der Waals surface area contributed by atoms with Gasteiger partial charge >= 0.3 is 0 Å². The van der Waals surface area contributed by atoms with Gasteiger partial charge in [0.05, 0.1) is 11.0 Å². The van der Waals surface area contributed by atoms with Gasteiger partial charge in [-0.15, -0.1) is 10.2 Å². The van der Waals surface area contributed by atoms with Crippen LogP contribution in [-0.4, -0.2) is 32.9 Å². The van der Waals surface area contributed by atoms with Crippen molar-refractivity contribution >= 4 is 46.6 Å². The third kappa shape index (κ3) is 4.83. The topological polar surface area (TPSA) is 85.9 Å². The van der Waals surface area contributed by atoms with Gasteiger partial charge in [0.1, 0.15) is 0 Å². The van der Waals surface area contributed by atoms with Gasteiger partial charge in [0, 0.05) is 5.56 Å². The van der Waals surface area contributed by atoms with E-state index in [-0.39, 0.29) is 16.9 Å². The number of carbonyl (C=O) groups excluding carboxylic acids is 2. The number of amides is 1. The molecule has 1 heterocycles. The van der Waals surface area contributed by atoms with Crippen LogP contribution in [0.5, 0.6) is 0 Å². The Morgan fingerprint density at radius 1 is 1.24 bits per heavy atom. The van der Waals surface area contributed by atoms with E-state index < -0.39 is 0 Å². The molecule has 0 aliphatic rings. The number of carbonyl (C=O) groups is 2. The number of aromatic nitrogens is 2. The Bertz CT molecular complexity index is 631. The zero-order chi connectivity index (χ0) is 15.2.